The van der Waals surface area contributed by atoms with Gasteiger partial charge >= 0.3 is 0 Å². The van der Waals surface area contributed by atoms with Gasteiger partial charge < -0.3 is 19.8 Å². The molecule has 0 fully saturated rings. The summed E-state index contributed by atoms with van der Waals surface area (Å²) >= 11 is 0. The molecular formula is C26H26FN3O2. The Labute approximate surface area is 185 Å². The zero-order chi connectivity index (χ0) is 21.7. The lowest BCUT2D eigenvalue weighted by molar-refractivity contribution is 0.0915. The molecule has 2 atom stereocenters. The molecule has 0 bridgehead atoms. The van der Waals surface area contributed by atoms with Crippen LogP contribution >= 0.6 is 0 Å². The van der Waals surface area contributed by atoms with Crippen molar-refractivity contribution in [2.24, 2.45) is 5.92 Å². The second-order valence-electron chi connectivity index (χ2n) is 9.00. The average molecular weight is 432 g/mol. The molecular weight excluding hydrogens is 405 g/mol. The molecule has 6 rings (SSSR count). The molecule has 1 aliphatic carbocycles. The number of aryl methyl sites for hydroxylation is 2. The number of aromatic amines is 1. The number of hydrogen-bond donors (Lipinski definition) is 2. The molecule has 2 aliphatic rings. The molecule has 0 saturated carbocycles. The Morgan fingerprint density at radius 3 is 3.00 bits per heavy atom. The molecule has 0 radical (unpaired) electrons. The van der Waals surface area contributed by atoms with Crippen LogP contribution in [-0.4, -0.2) is 35.8 Å². The summed E-state index contributed by atoms with van der Waals surface area (Å²) in [6.45, 7) is 4.15. The van der Waals surface area contributed by atoms with Gasteiger partial charge in [0.1, 0.15) is 18.5 Å². The summed E-state index contributed by atoms with van der Waals surface area (Å²) in [7, 11) is 0. The maximum Gasteiger partial charge on any atom is 0.171 e. The van der Waals surface area contributed by atoms with Gasteiger partial charge in [0.05, 0.1) is 5.52 Å². The molecule has 2 N–H and O–H groups in total. The van der Waals surface area contributed by atoms with Gasteiger partial charge in [0.2, 0.25) is 0 Å². The molecule has 0 saturated heterocycles. The van der Waals surface area contributed by atoms with Gasteiger partial charge in [0, 0.05) is 34.2 Å². The van der Waals surface area contributed by atoms with E-state index in [1.807, 2.05) is 31.2 Å². The zero-order valence-corrected chi connectivity index (χ0v) is 18.1. The van der Waals surface area contributed by atoms with Gasteiger partial charge in [-0.25, -0.2) is 4.39 Å². The van der Waals surface area contributed by atoms with Crippen LogP contribution in [0.2, 0.25) is 0 Å². The highest BCUT2D eigenvalue weighted by Crippen LogP contribution is 2.38. The first kappa shape index (κ1) is 19.6. The van der Waals surface area contributed by atoms with Crippen LogP contribution in [0, 0.1) is 18.7 Å². The Morgan fingerprint density at radius 1 is 1.12 bits per heavy atom. The molecule has 3 heterocycles. The standard InChI is InChI=1S/C26H26FN3O2/c1-15-2-5-19-22(29-15)8-9-25-26(19)32-18(14-31-25)13-28-12-16-3-6-23-20(10-16)21-11-17(27)4-7-24(21)30-23/h2,4-5,7-9,11,16,18,28,30H,3,6,10,12-14H2,1H3/t16?,18-/m0/s1. The Balaban J connectivity index is 1.10. The summed E-state index contributed by atoms with van der Waals surface area (Å²) in [6.07, 6.45) is 3.05. The van der Waals surface area contributed by atoms with Crippen molar-refractivity contribution in [1.82, 2.24) is 15.3 Å². The summed E-state index contributed by atoms with van der Waals surface area (Å²) in [5, 5.41) is 5.61. The molecule has 6 heteroatoms. The smallest absolute Gasteiger partial charge is 0.171 e. The second-order valence-corrected chi connectivity index (χ2v) is 9.00. The average Bonchev–Trinajstić information content (AvgIpc) is 3.16. The van der Waals surface area contributed by atoms with Crippen molar-refractivity contribution < 1.29 is 13.9 Å². The molecule has 0 spiro atoms. The summed E-state index contributed by atoms with van der Waals surface area (Å²) < 4.78 is 26.1. The second kappa shape index (κ2) is 7.78. The van der Waals surface area contributed by atoms with Crippen molar-refractivity contribution in [3.05, 3.63) is 65.2 Å². The number of nitrogens with zero attached hydrogens (tertiary/aromatic N) is 1. The fourth-order valence-electron chi connectivity index (χ4n) is 5.06. The summed E-state index contributed by atoms with van der Waals surface area (Å²) in [4.78, 5) is 8.07. The van der Waals surface area contributed by atoms with Crippen molar-refractivity contribution in [3.63, 3.8) is 0 Å². The van der Waals surface area contributed by atoms with Crippen molar-refractivity contribution >= 4 is 21.8 Å². The monoisotopic (exact) mass is 431 g/mol. The summed E-state index contributed by atoms with van der Waals surface area (Å²) in [5.74, 6) is 1.92. The number of pyridine rings is 1. The highest BCUT2D eigenvalue weighted by molar-refractivity contribution is 5.88. The van der Waals surface area contributed by atoms with Crippen LogP contribution in [0.4, 0.5) is 4.39 Å². The number of H-pyrrole nitrogens is 1. The molecule has 2 aromatic carbocycles. The third-order valence-corrected chi connectivity index (χ3v) is 6.69. The molecule has 0 amide bonds. The zero-order valence-electron chi connectivity index (χ0n) is 18.1. The normalized spacial score (nSPS) is 19.9. The van der Waals surface area contributed by atoms with E-state index in [1.54, 1.807) is 6.07 Å². The molecule has 1 unspecified atom stereocenters. The van der Waals surface area contributed by atoms with Gasteiger partial charge in [0.15, 0.2) is 11.5 Å². The minimum atomic E-state index is -0.174. The first-order valence-electron chi connectivity index (χ1n) is 11.3. The topological polar surface area (TPSA) is 59.2 Å². The van der Waals surface area contributed by atoms with Gasteiger partial charge in [-0.1, -0.05) is 0 Å². The number of halogens is 1. The highest BCUT2D eigenvalue weighted by atomic mass is 19.1. The number of ether oxygens (including phenoxy) is 2. The van der Waals surface area contributed by atoms with E-state index in [-0.39, 0.29) is 11.9 Å². The van der Waals surface area contributed by atoms with Crippen LogP contribution in [0.25, 0.3) is 21.8 Å². The maximum absolute atomic E-state index is 13.8. The van der Waals surface area contributed by atoms with Crippen LogP contribution < -0.4 is 14.8 Å². The number of benzene rings is 2. The van der Waals surface area contributed by atoms with E-state index in [9.17, 15) is 4.39 Å². The molecule has 164 valence electrons. The van der Waals surface area contributed by atoms with Gasteiger partial charge in [-0.05, 0) is 86.7 Å². The quantitative estimate of drug-likeness (QED) is 0.492. The van der Waals surface area contributed by atoms with E-state index in [0.29, 0.717) is 12.5 Å². The van der Waals surface area contributed by atoms with Gasteiger partial charge in [-0.15, -0.1) is 0 Å². The first-order chi connectivity index (χ1) is 15.6. The van der Waals surface area contributed by atoms with Crippen molar-refractivity contribution in [2.75, 3.05) is 19.7 Å². The third kappa shape index (κ3) is 3.48. The summed E-state index contributed by atoms with van der Waals surface area (Å²) in [5.41, 5.74) is 5.49. The SMILES string of the molecule is Cc1ccc2c3c(ccc2n1)OC[C@H](CNCC1CCc2[nH]c4ccc(F)cc4c2C1)O3. The van der Waals surface area contributed by atoms with E-state index in [0.717, 1.165) is 71.4 Å². The molecule has 4 aromatic rings. The summed E-state index contributed by atoms with van der Waals surface area (Å²) in [6, 6.07) is 13.0. The van der Waals surface area contributed by atoms with Crippen molar-refractivity contribution in [1.29, 1.82) is 0 Å². The number of hydrogen-bond acceptors (Lipinski definition) is 4. The molecule has 32 heavy (non-hydrogen) atoms. The van der Waals surface area contributed by atoms with E-state index in [2.05, 4.69) is 21.4 Å². The minimum absolute atomic E-state index is 0.0456. The number of fused-ring (bicyclic) bond motifs is 6. The third-order valence-electron chi connectivity index (χ3n) is 6.69. The van der Waals surface area contributed by atoms with Crippen molar-refractivity contribution in [2.45, 2.75) is 32.3 Å². The van der Waals surface area contributed by atoms with E-state index >= 15 is 0 Å². The van der Waals surface area contributed by atoms with Gasteiger partial charge in [-0.2, -0.15) is 0 Å². The lowest BCUT2D eigenvalue weighted by Gasteiger charge is -2.29. The van der Waals surface area contributed by atoms with E-state index in [1.165, 1.54) is 17.3 Å². The number of aromatic nitrogens is 2. The Morgan fingerprint density at radius 2 is 2.06 bits per heavy atom. The minimum Gasteiger partial charge on any atom is -0.486 e. The molecule has 2 aromatic heterocycles. The molecule has 5 nitrogen and oxygen atoms in total. The lowest BCUT2D eigenvalue weighted by atomic mass is 9.86. The van der Waals surface area contributed by atoms with Crippen LogP contribution in [0.15, 0.2) is 42.5 Å². The Hall–Kier alpha value is -3.12. The van der Waals surface area contributed by atoms with Gasteiger partial charge in [-0.3, -0.25) is 4.98 Å². The number of rotatable bonds is 4. The number of nitrogens with one attached hydrogen (secondary N) is 2. The Bertz CT molecular complexity index is 1320. The van der Waals surface area contributed by atoms with Crippen LogP contribution in [0.5, 0.6) is 11.5 Å². The van der Waals surface area contributed by atoms with Crippen molar-refractivity contribution in [3.8, 4) is 11.5 Å². The fourth-order valence-corrected chi connectivity index (χ4v) is 5.06. The maximum atomic E-state index is 13.8. The van der Waals surface area contributed by atoms with Crippen LogP contribution in [0.3, 0.4) is 0 Å². The molecule has 1 aliphatic heterocycles. The van der Waals surface area contributed by atoms with Crippen LogP contribution in [-0.2, 0) is 12.8 Å². The lowest BCUT2D eigenvalue weighted by Crippen LogP contribution is -2.40. The predicted molar refractivity (Wildman–Crippen MR) is 123 cm³/mol. The fraction of sp³-hybridized carbons (Fsp3) is 0.346. The van der Waals surface area contributed by atoms with Crippen LogP contribution in [0.1, 0.15) is 23.4 Å². The first-order valence-corrected chi connectivity index (χ1v) is 11.3. The Kier molecular flexibility index (Phi) is 4.76. The highest BCUT2D eigenvalue weighted by Gasteiger charge is 2.25. The predicted octanol–water partition coefficient (Wildman–Crippen LogP) is 4.70. The van der Waals surface area contributed by atoms with Gasteiger partial charge in [0.25, 0.3) is 0 Å². The van der Waals surface area contributed by atoms with E-state index in [4.69, 9.17) is 9.47 Å². The van der Waals surface area contributed by atoms with E-state index < -0.39 is 0 Å². The largest absolute Gasteiger partial charge is 0.486 e.